The Morgan fingerprint density at radius 3 is 2.34 bits per heavy atom. The molecule has 1 heterocycles. The third-order valence-electron chi connectivity index (χ3n) is 4.36. The Hall–Kier alpha value is -3.33. The van der Waals surface area contributed by atoms with Gasteiger partial charge in [0, 0.05) is 19.5 Å². The number of esters is 2. The van der Waals surface area contributed by atoms with Crippen LogP contribution in [0.25, 0.3) is 6.08 Å². The molecule has 1 N–H and O–H groups in total. The van der Waals surface area contributed by atoms with Crippen LogP contribution in [0.15, 0.2) is 46.4 Å². The van der Waals surface area contributed by atoms with Crippen LogP contribution in [-0.2, 0) is 23.9 Å². The number of hydrogen-bond donors (Lipinski definition) is 1. The lowest BCUT2D eigenvalue weighted by Crippen LogP contribution is -2.41. The third-order valence-corrected chi connectivity index (χ3v) is 4.95. The highest BCUT2D eigenvalue weighted by molar-refractivity contribution is 9.10. The van der Waals surface area contributed by atoms with Gasteiger partial charge in [0.25, 0.3) is 11.7 Å². The fourth-order valence-corrected chi connectivity index (χ4v) is 3.45. The van der Waals surface area contributed by atoms with Crippen molar-refractivity contribution in [2.24, 2.45) is 0 Å². The van der Waals surface area contributed by atoms with E-state index in [0.717, 1.165) is 5.56 Å². The quantitative estimate of drug-likeness (QED) is 0.361. The largest absolute Gasteiger partial charge is 0.493 e. The minimum atomic E-state index is -1.32. The Morgan fingerprint density at radius 1 is 1.12 bits per heavy atom. The Bertz CT molecular complexity index is 1070. The van der Waals surface area contributed by atoms with Crippen molar-refractivity contribution in [3.8, 4) is 11.5 Å². The number of nitrogens with one attached hydrogen (secondary N) is 1. The van der Waals surface area contributed by atoms with Crippen LogP contribution >= 0.6 is 15.9 Å². The highest BCUT2D eigenvalue weighted by Gasteiger charge is 2.38. The zero-order valence-corrected chi connectivity index (χ0v) is 19.6. The average molecular weight is 504 g/mol. The van der Waals surface area contributed by atoms with Gasteiger partial charge in [0.15, 0.2) is 18.1 Å². The summed E-state index contributed by atoms with van der Waals surface area (Å²) in [4.78, 5) is 36.6. The summed E-state index contributed by atoms with van der Waals surface area (Å²) in [6.07, 6.45) is 1.33. The van der Waals surface area contributed by atoms with Crippen molar-refractivity contribution in [3.63, 3.8) is 0 Å². The summed E-state index contributed by atoms with van der Waals surface area (Å²) < 4.78 is 21.7. The maximum Gasteiger partial charge on any atom is 0.348 e. The number of carbonyl (C=O) groups excluding carboxylic acids is 3. The lowest BCUT2D eigenvalue weighted by Gasteiger charge is -2.29. The molecule has 0 aliphatic carbocycles. The smallest absolute Gasteiger partial charge is 0.348 e. The zero-order valence-electron chi connectivity index (χ0n) is 18.0. The van der Waals surface area contributed by atoms with Crippen LogP contribution in [0.1, 0.15) is 25.0 Å². The van der Waals surface area contributed by atoms with E-state index in [1.807, 2.05) is 19.1 Å². The fraction of sp³-hybridized carbons (Fsp3) is 0.261. The molecule has 32 heavy (non-hydrogen) atoms. The molecule has 1 saturated heterocycles. The van der Waals surface area contributed by atoms with Crippen molar-refractivity contribution in [1.29, 1.82) is 0 Å². The van der Waals surface area contributed by atoms with Crippen LogP contribution in [0.4, 0.5) is 5.69 Å². The molecule has 0 aromatic heterocycles. The molecule has 0 radical (unpaired) electrons. The van der Waals surface area contributed by atoms with Gasteiger partial charge in [-0.1, -0.05) is 17.7 Å². The highest BCUT2D eigenvalue weighted by atomic mass is 79.9. The predicted molar refractivity (Wildman–Crippen MR) is 120 cm³/mol. The summed E-state index contributed by atoms with van der Waals surface area (Å²) in [5.74, 6) is -2.63. The minimum Gasteiger partial charge on any atom is -0.493 e. The molecule has 1 amide bonds. The number of amides is 1. The third kappa shape index (κ3) is 5.67. The van der Waals surface area contributed by atoms with Crippen LogP contribution in [0.2, 0.25) is 0 Å². The Morgan fingerprint density at radius 2 is 1.75 bits per heavy atom. The van der Waals surface area contributed by atoms with E-state index in [1.54, 1.807) is 24.3 Å². The molecule has 0 bridgehead atoms. The van der Waals surface area contributed by atoms with E-state index in [2.05, 4.69) is 21.2 Å². The van der Waals surface area contributed by atoms with Gasteiger partial charge in [0.1, 0.15) is 5.57 Å². The standard InChI is InChI=1S/C23H22BrNO7/c1-13-5-7-15(8-6-13)25-19(26)12-30-20-17(24)10-14(11-18(20)29-4)9-16-21(27)31-23(2,3)32-22(16)28/h5-11H,12H2,1-4H3,(H,25,26). The van der Waals surface area contributed by atoms with Crippen LogP contribution in [-0.4, -0.2) is 37.3 Å². The van der Waals surface area contributed by atoms with Crippen molar-refractivity contribution in [2.75, 3.05) is 19.0 Å². The molecule has 3 rings (SSSR count). The molecule has 2 aromatic rings. The maximum atomic E-state index is 12.2. The zero-order chi connectivity index (χ0) is 23.5. The predicted octanol–water partition coefficient (Wildman–Crippen LogP) is 4.00. The summed E-state index contributed by atoms with van der Waals surface area (Å²) >= 11 is 3.38. The molecule has 1 aliphatic rings. The first-order valence-electron chi connectivity index (χ1n) is 9.63. The minimum absolute atomic E-state index is 0.246. The van der Waals surface area contributed by atoms with E-state index in [1.165, 1.54) is 27.0 Å². The second kappa shape index (κ2) is 9.44. The van der Waals surface area contributed by atoms with Gasteiger partial charge in [0.2, 0.25) is 0 Å². The monoisotopic (exact) mass is 503 g/mol. The molecule has 0 unspecified atom stereocenters. The Balaban J connectivity index is 1.75. The molecule has 2 aromatic carbocycles. The van der Waals surface area contributed by atoms with Crippen molar-refractivity contribution < 1.29 is 33.3 Å². The van der Waals surface area contributed by atoms with Crippen LogP contribution in [0.3, 0.4) is 0 Å². The fourth-order valence-electron chi connectivity index (χ4n) is 2.88. The number of cyclic esters (lactones) is 2. The normalized spacial score (nSPS) is 14.8. The molecular weight excluding hydrogens is 482 g/mol. The second-order valence-corrected chi connectivity index (χ2v) is 8.33. The first kappa shape index (κ1) is 23.3. The van der Waals surface area contributed by atoms with Crippen LogP contribution in [0.5, 0.6) is 11.5 Å². The van der Waals surface area contributed by atoms with E-state index in [0.29, 0.717) is 27.2 Å². The summed E-state index contributed by atoms with van der Waals surface area (Å²) in [6, 6.07) is 10.6. The van der Waals surface area contributed by atoms with Gasteiger partial charge in [-0.05, 0) is 58.8 Å². The average Bonchev–Trinajstić information content (AvgIpc) is 2.70. The number of carbonyl (C=O) groups is 3. The van der Waals surface area contributed by atoms with E-state index in [-0.39, 0.29) is 18.1 Å². The number of rotatable bonds is 6. The lowest BCUT2D eigenvalue weighted by molar-refractivity contribution is -0.222. The topological polar surface area (TPSA) is 100 Å². The summed E-state index contributed by atoms with van der Waals surface area (Å²) in [7, 11) is 1.43. The van der Waals surface area contributed by atoms with Gasteiger partial charge >= 0.3 is 11.9 Å². The number of ether oxygens (including phenoxy) is 4. The van der Waals surface area contributed by atoms with Crippen molar-refractivity contribution in [3.05, 3.63) is 57.6 Å². The van der Waals surface area contributed by atoms with Crippen molar-refractivity contribution in [2.45, 2.75) is 26.6 Å². The van der Waals surface area contributed by atoms with Crippen molar-refractivity contribution >= 4 is 45.5 Å². The molecule has 0 spiro atoms. The van der Waals surface area contributed by atoms with Gasteiger partial charge in [0.05, 0.1) is 11.6 Å². The molecule has 168 valence electrons. The summed E-state index contributed by atoms with van der Waals surface area (Å²) in [6.45, 7) is 4.65. The van der Waals surface area contributed by atoms with Gasteiger partial charge in [-0.15, -0.1) is 0 Å². The molecular formula is C23H22BrNO7. The highest BCUT2D eigenvalue weighted by Crippen LogP contribution is 2.37. The van der Waals surface area contributed by atoms with Crippen molar-refractivity contribution in [1.82, 2.24) is 0 Å². The molecule has 1 fully saturated rings. The molecule has 0 atom stereocenters. The number of anilines is 1. The first-order chi connectivity index (χ1) is 15.1. The molecule has 9 heteroatoms. The molecule has 8 nitrogen and oxygen atoms in total. The lowest BCUT2D eigenvalue weighted by atomic mass is 10.1. The number of benzene rings is 2. The summed E-state index contributed by atoms with van der Waals surface area (Å²) in [5, 5.41) is 2.75. The molecule has 1 aliphatic heterocycles. The second-order valence-electron chi connectivity index (χ2n) is 7.47. The van der Waals surface area contributed by atoms with Gasteiger partial charge in [-0.25, -0.2) is 9.59 Å². The Kier molecular flexibility index (Phi) is 6.88. The van der Waals surface area contributed by atoms with Gasteiger partial charge < -0.3 is 24.3 Å². The van der Waals surface area contributed by atoms with Gasteiger partial charge in [-0.3, -0.25) is 4.79 Å². The maximum absolute atomic E-state index is 12.2. The van der Waals surface area contributed by atoms with E-state index in [4.69, 9.17) is 18.9 Å². The van der Waals surface area contributed by atoms with E-state index < -0.39 is 17.7 Å². The Labute approximate surface area is 193 Å². The number of halogens is 1. The molecule has 0 saturated carbocycles. The van der Waals surface area contributed by atoms with E-state index in [9.17, 15) is 14.4 Å². The number of methoxy groups -OCH3 is 1. The van der Waals surface area contributed by atoms with E-state index >= 15 is 0 Å². The van der Waals surface area contributed by atoms with Crippen LogP contribution in [0, 0.1) is 6.92 Å². The first-order valence-corrected chi connectivity index (χ1v) is 10.4. The number of aryl methyl sites for hydroxylation is 1. The SMILES string of the molecule is COc1cc(C=C2C(=O)OC(C)(C)OC2=O)cc(Br)c1OCC(=O)Nc1ccc(C)cc1. The number of hydrogen-bond acceptors (Lipinski definition) is 7. The van der Waals surface area contributed by atoms with Crippen LogP contribution < -0.4 is 14.8 Å². The van der Waals surface area contributed by atoms with Gasteiger partial charge in [-0.2, -0.15) is 0 Å². The summed E-state index contributed by atoms with van der Waals surface area (Å²) in [5.41, 5.74) is 1.96.